The molecule has 8 N–H and O–H groups in total. The van der Waals surface area contributed by atoms with Crippen molar-refractivity contribution in [2.24, 2.45) is 17.8 Å². The van der Waals surface area contributed by atoms with Gasteiger partial charge in [-0.1, -0.05) is 34.6 Å². The summed E-state index contributed by atoms with van der Waals surface area (Å²) in [6.07, 6.45) is -2.18. The van der Waals surface area contributed by atoms with E-state index in [1.54, 1.807) is 20.8 Å². The number of likely N-dealkylation sites (tertiary alicyclic amines) is 1. The molecule has 62 heavy (non-hydrogen) atoms. The molecule has 1 heterocycles. The van der Waals surface area contributed by atoms with Gasteiger partial charge in [0.15, 0.2) is 5.92 Å². The van der Waals surface area contributed by atoms with Gasteiger partial charge in [0.2, 0.25) is 29.5 Å². The van der Waals surface area contributed by atoms with E-state index in [4.69, 9.17) is 9.84 Å². The molecule has 0 aromatic heterocycles. The highest BCUT2D eigenvalue weighted by molar-refractivity contribution is 5.98. The van der Waals surface area contributed by atoms with Crippen LogP contribution in [0.3, 0.4) is 0 Å². The number of rotatable bonds is 22. The monoisotopic (exact) mass is 878 g/mol. The van der Waals surface area contributed by atoms with Crippen LogP contribution in [0.2, 0.25) is 0 Å². The molecule has 0 unspecified atom stereocenters. The van der Waals surface area contributed by atoms with Gasteiger partial charge in [0.1, 0.15) is 36.0 Å². The van der Waals surface area contributed by atoms with E-state index in [-0.39, 0.29) is 30.9 Å². The first-order valence-corrected chi connectivity index (χ1v) is 19.7. The summed E-state index contributed by atoms with van der Waals surface area (Å²) < 4.78 is 5.28. The number of benzene rings is 1. The Morgan fingerprint density at radius 1 is 0.839 bits per heavy atom. The number of amides is 7. The van der Waals surface area contributed by atoms with Gasteiger partial charge in [-0.2, -0.15) is 0 Å². The first-order chi connectivity index (χ1) is 29.0. The number of aliphatic carboxylic acids is 3. The fourth-order valence-electron chi connectivity index (χ4n) is 6.27. The number of carbonyl (C=O) groups is 10. The minimum absolute atomic E-state index is 0.0103. The van der Waals surface area contributed by atoms with Crippen LogP contribution in [-0.2, 0) is 43.2 Å². The van der Waals surface area contributed by atoms with Crippen LogP contribution in [0.4, 0.5) is 10.5 Å². The maximum Gasteiger partial charge on any atom is 0.434 e. The Bertz CT molecular complexity index is 1840. The number of hydrazine groups is 1. The SMILES string of the molecule is CCCN(NC(=O)[C@@H]1CCCN1C(=O)[C@@H](NC(=O)[C@@H](NC(=O)[C@H](CC(C(=O)O)C(=O)O)NC(=O)[C@H](CCC(=O)O)NC(C)=O)C(C)C)C(C)C)C(=O)Oc1ccc([N+](=O)[O-])cc1. The average Bonchev–Trinajstić information content (AvgIpc) is 3.68. The summed E-state index contributed by atoms with van der Waals surface area (Å²) in [6, 6.07) is -2.69. The van der Waals surface area contributed by atoms with Gasteiger partial charge in [-0.25, -0.2) is 9.80 Å². The Morgan fingerprint density at radius 3 is 1.90 bits per heavy atom. The zero-order valence-corrected chi connectivity index (χ0v) is 35.1. The molecule has 1 aliphatic rings. The van der Waals surface area contributed by atoms with Crippen LogP contribution in [0.1, 0.15) is 80.1 Å². The smallest absolute Gasteiger partial charge is 0.434 e. The number of carbonyl (C=O) groups excluding carboxylic acids is 7. The van der Waals surface area contributed by atoms with Gasteiger partial charge in [0.05, 0.1) is 4.92 Å². The molecule has 7 amide bonds. The Balaban J connectivity index is 2.31. The molecule has 1 aromatic rings. The van der Waals surface area contributed by atoms with Crippen LogP contribution >= 0.6 is 0 Å². The fraction of sp³-hybridized carbons (Fsp3) is 0.579. The molecule has 1 aliphatic heterocycles. The molecule has 1 aromatic carbocycles. The number of carboxylic acid groups (broad SMARTS) is 3. The minimum Gasteiger partial charge on any atom is -0.481 e. The summed E-state index contributed by atoms with van der Waals surface area (Å²) in [5.74, 6) is -14.1. The lowest BCUT2D eigenvalue weighted by atomic mass is 9.96. The van der Waals surface area contributed by atoms with Crippen LogP contribution < -0.4 is 31.4 Å². The second kappa shape index (κ2) is 23.8. The maximum atomic E-state index is 14.1. The van der Waals surface area contributed by atoms with Crippen molar-refractivity contribution in [2.75, 3.05) is 13.1 Å². The van der Waals surface area contributed by atoms with Crippen molar-refractivity contribution in [3.8, 4) is 5.75 Å². The summed E-state index contributed by atoms with van der Waals surface area (Å²) >= 11 is 0. The normalized spacial score (nSPS) is 15.4. The predicted octanol–water partition coefficient (Wildman–Crippen LogP) is 0.139. The van der Waals surface area contributed by atoms with E-state index in [0.29, 0.717) is 12.8 Å². The Labute approximate surface area is 355 Å². The van der Waals surface area contributed by atoms with Gasteiger partial charge in [-0.15, -0.1) is 0 Å². The van der Waals surface area contributed by atoms with Crippen LogP contribution in [-0.4, -0.2) is 133 Å². The summed E-state index contributed by atoms with van der Waals surface area (Å²) in [6.45, 7) is 9.06. The molecule has 1 saturated heterocycles. The van der Waals surface area contributed by atoms with E-state index in [9.17, 15) is 68.3 Å². The van der Waals surface area contributed by atoms with Crippen molar-refractivity contribution >= 4 is 65.1 Å². The maximum absolute atomic E-state index is 14.1. The standard InChI is InChI=1S/C38H54N8O16/c1-7-16-45(38(59)62-23-12-10-22(11-13-23)46(60)61)43-33(52)27-9-8-17-44(27)35(54)30(20(4)5)42-34(53)29(19(2)3)41-32(51)26(18-24(36(55)56)37(57)58)40-31(50)25(39-21(6)47)14-15-28(48)49/h10-13,19-20,24-27,29-30H,7-9,14-18H2,1-6H3,(H,39,47)(H,40,50)(H,41,51)(H,42,53)(H,43,52)(H,48,49)(H,55,56)(H,57,58)/t25-,26-,27-,29-,30-/m0/s1. The molecule has 0 bridgehead atoms. The highest BCUT2D eigenvalue weighted by atomic mass is 16.6. The van der Waals surface area contributed by atoms with Gasteiger partial charge in [-0.3, -0.25) is 58.7 Å². The zero-order valence-electron chi connectivity index (χ0n) is 35.1. The number of hydrogen-bond donors (Lipinski definition) is 8. The summed E-state index contributed by atoms with van der Waals surface area (Å²) in [4.78, 5) is 140. The number of nitro benzene ring substituents is 1. The van der Waals surface area contributed by atoms with Crippen LogP contribution in [0.25, 0.3) is 0 Å². The summed E-state index contributed by atoms with van der Waals surface area (Å²) in [7, 11) is 0. The molecule has 2 rings (SSSR count). The zero-order chi connectivity index (χ0) is 47.0. The molecule has 0 aliphatic carbocycles. The Morgan fingerprint density at radius 2 is 1.40 bits per heavy atom. The Hall–Kier alpha value is -6.88. The molecule has 0 saturated carbocycles. The highest BCUT2D eigenvalue weighted by Crippen LogP contribution is 2.22. The lowest BCUT2D eigenvalue weighted by Crippen LogP contribution is -2.61. The van der Waals surface area contributed by atoms with Gasteiger partial charge >= 0.3 is 24.0 Å². The lowest BCUT2D eigenvalue weighted by molar-refractivity contribution is -0.384. The van der Waals surface area contributed by atoms with Crippen molar-refractivity contribution in [3.05, 3.63) is 34.4 Å². The second-order valence-electron chi connectivity index (χ2n) is 15.1. The van der Waals surface area contributed by atoms with Crippen molar-refractivity contribution in [2.45, 2.75) is 110 Å². The van der Waals surface area contributed by atoms with Crippen molar-refractivity contribution in [3.63, 3.8) is 0 Å². The first-order valence-electron chi connectivity index (χ1n) is 19.7. The molecule has 0 spiro atoms. The lowest BCUT2D eigenvalue weighted by Gasteiger charge is -2.33. The van der Waals surface area contributed by atoms with E-state index in [0.717, 1.165) is 24.1 Å². The van der Waals surface area contributed by atoms with E-state index in [2.05, 4.69) is 26.7 Å². The molecule has 0 radical (unpaired) electrons. The number of carboxylic acids is 3. The quantitative estimate of drug-likeness (QED) is 0.0436. The molecule has 342 valence electrons. The summed E-state index contributed by atoms with van der Waals surface area (Å²) in [5, 5.41) is 49.4. The first kappa shape index (κ1) is 51.3. The Kier molecular flexibility index (Phi) is 19.7. The highest BCUT2D eigenvalue weighted by Gasteiger charge is 2.41. The van der Waals surface area contributed by atoms with Crippen molar-refractivity contribution in [1.82, 2.24) is 36.6 Å². The van der Waals surface area contributed by atoms with Gasteiger partial charge < -0.3 is 46.2 Å². The number of non-ortho nitro benzene ring substituents is 1. The molecule has 5 atom stereocenters. The number of hydrogen-bond acceptors (Lipinski definition) is 13. The molecule has 24 heteroatoms. The van der Waals surface area contributed by atoms with E-state index < -0.39 is 132 Å². The van der Waals surface area contributed by atoms with Gasteiger partial charge in [0.25, 0.3) is 11.6 Å². The molecular weight excluding hydrogens is 824 g/mol. The molecule has 1 fully saturated rings. The van der Waals surface area contributed by atoms with Crippen molar-refractivity contribution in [1.29, 1.82) is 0 Å². The molecule has 24 nitrogen and oxygen atoms in total. The average molecular weight is 879 g/mol. The third-order valence-electron chi connectivity index (χ3n) is 9.52. The third-order valence-corrected chi connectivity index (χ3v) is 9.52. The number of nitrogens with one attached hydrogen (secondary N) is 5. The minimum atomic E-state index is -2.24. The van der Waals surface area contributed by atoms with Gasteiger partial charge in [-0.05, 0) is 49.7 Å². The predicted molar refractivity (Wildman–Crippen MR) is 212 cm³/mol. The van der Waals surface area contributed by atoms with Crippen LogP contribution in [0.15, 0.2) is 24.3 Å². The number of nitrogens with zero attached hydrogens (tertiary/aromatic N) is 3. The van der Waals surface area contributed by atoms with Crippen LogP contribution in [0.5, 0.6) is 5.75 Å². The van der Waals surface area contributed by atoms with E-state index in [1.807, 2.05) is 0 Å². The van der Waals surface area contributed by atoms with E-state index in [1.165, 1.54) is 30.9 Å². The number of ether oxygens (including phenoxy) is 1. The topological polar surface area (TPSA) is 350 Å². The van der Waals surface area contributed by atoms with E-state index >= 15 is 0 Å². The molecular formula is C38H54N8O16. The summed E-state index contributed by atoms with van der Waals surface area (Å²) in [5.41, 5.74) is 2.23. The third kappa shape index (κ3) is 15.3. The fourth-order valence-corrected chi connectivity index (χ4v) is 6.27. The van der Waals surface area contributed by atoms with Gasteiger partial charge in [0, 0.05) is 45.0 Å². The second-order valence-corrected chi connectivity index (χ2v) is 15.1. The van der Waals surface area contributed by atoms with Crippen molar-refractivity contribution < 1.29 is 72.9 Å². The largest absolute Gasteiger partial charge is 0.481 e. The van der Waals surface area contributed by atoms with Crippen LogP contribution in [0, 0.1) is 27.9 Å². The number of nitro groups is 1.